The van der Waals surface area contributed by atoms with Crippen molar-refractivity contribution < 1.29 is 24.5 Å². The molecule has 0 aliphatic carbocycles. The van der Waals surface area contributed by atoms with Crippen LogP contribution in [0.1, 0.15) is 15.9 Å². The second-order valence-electron chi connectivity index (χ2n) is 4.51. The molecule has 114 valence electrons. The Bertz CT molecular complexity index is 676. The van der Waals surface area contributed by atoms with Crippen LogP contribution in [0.15, 0.2) is 42.5 Å². The third-order valence-electron chi connectivity index (χ3n) is 3.08. The Morgan fingerprint density at radius 1 is 0.955 bits per heavy atom. The van der Waals surface area contributed by atoms with Crippen LogP contribution in [-0.4, -0.2) is 30.2 Å². The number of hydrogen-bond donors (Lipinski definition) is 2. The molecule has 0 atom stereocenters. The van der Waals surface area contributed by atoms with Crippen LogP contribution in [0, 0.1) is 0 Å². The number of carbonyl (C=O) groups is 1. The summed E-state index contributed by atoms with van der Waals surface area (Å²) in [7, 11) is 2.93. The Labute approximate surface area is 128 Å². The fraction of sp³-hybridized carbons (Fsp3) is 0.118. The average molecular weight is 300 g/mol. The highest BCUT2D eigenvalue weighted by molar-refractivity contribution is 6.07. The molecule has 0 radical (unpaired) electrons. The fourth-order valence-electron chi connectivity index (χ4n) is 1.97. The van der Waals surface area contributed by atoms with Gasteiger partial charge < -0.3 is 19.7 Å². The molecule has 5 heteroatoms. The number of carbonyl (C=O) groups excluding carboxylic acids is 1. The van der Waals surface area contributed by atoms with Gasteiger partial charge in [-0.05, 0) is 36.4 Å². The lowest BCUT2D eigenvalue weighted by Gasteiger charge is -2.10. The molecule has 2 N–H and O–H groups in total. The third-order valence-corrected chi connectivity index (χ3v) is 3.08. The SMILES string of the molecule is COc1cc(O)cc(OC)c1/C=C/C(=O)c1ccc(O)cc1. The van der Waals surface area contributed by atoms with E-state index in [1.165, 1.54) is 56.7 Å². The molecule has 5 nitrogen and oxygen atoms in total. The van der Waals surface area contributed by atoms with Crippen LogP contribution in [0.5, 0.6) is 23.0 Å². The van der Waals surface area contributed by atoms with Gasteiger partial charge in [0.2, 0.25) is 0 Å². The molecule has 0 fully saturated rings. The largest absolute Gasteiger partial charge is 0.508 e. The Kier molecular flexibility index (Phi) is 4.68. The lowest BCUT2D eigenvalue weighted by molar-refractivity contribution is 0.104. The molecule has 0 spiro atoms. The zero-order valence-electron chi connectivity index (χ0n) is 12.2. The summed E-state index contributed by atoms with van der Waals surface area (Å²) in [4.78, 5) is 12.1. The quantitative estimate of drug-likeness (QED) is 0.655. The highest BCUT2D eigenvalue weighted by atomic mass is 16.5. The molecular weight excluding hydrogens is 284 g/mol. The highest BCUT2D eigenvalue weighted by Gasteiger charge is 2.10. The van der Waals surface area contributed by atoms with E-state index in [-0.39, 0.29) is 17.3 Å². The van der Waals surface area contributed by atoms with Crippen LogP contribution in [-0.2, 0) is 0 Å². The van der Waals surface area contributed by atoms with Crippen molar-refractivity contribution in [3.05, 3.63) is 53.6 Å². The summed E-state index contributed by atoms with van der Waals surface area (Å²) >= 11 is 0. The summed E-state index contributed by atoms with van der Waals surface area (Å²) in [5.41, 5.74) is 1.00. The average Bonchev–Trinajstić information content (AvgIpc) is 2.53. The number of hydrogen-bond acceptors (Lipinski definition) is 5. The van der Waals surface area contributed by atoms with Crippen molar-refractivity contribution in [2.24, 2.45) is 0 Å². The number of phenolic OH excluding ortho intramolecular Hbond substituents is 2. The molecule has 0 aromatic heterocycles. The van der Waals surface area contributed by atoms with Gasteiger partial charge in [-0.25, -0.2) is 0 Å². The first-order chi connectivity index (χ1) is 10.5. The molecule has 0 aliphatic heterocycles. The summed E-state index contributed by atoms with van der Waals surface area (Å²) in [5.74, 6) is 0.675. The molecule has 0 bridgehead atoms. The topological polar surface area (TPSA) is 76.0 Å². The molecule has 2 aromatic carbocycles. The molecule has 2 rings (SSSR count). The first-order valence-corrected chi connectivity index (χ1v) is 6.51. The molecular formula is C17H16O5. The highest BCUT2D eigenvalue weighted by Crippen LogP contribution is 2.34. The van der Waals surface area contributed by atoms with Crippen molar-refractivity contribution in [1.82, 2.24) is 0 Å². The molecule has 0 heterocycles. The Morgan fingerprint density at radius 2 is 1.50 bits per heavy atom. The normalized spacial score (nSPS) is 10.6. The van der Waals surface area contributed by atoms with E-state index in [1.54, 1.807) is 6.08 Å². The smallest absolute Gasteiger partial charge is 0.185 e. The van der Waals surface area contributed by atoms with Gasteiger partial charge in [0.15, 0.2) is 5.78 Å². The van der Waals surface area contributed by atoms with Crippen molar-refractivity contribution in [3.63, 3.8) is 0 Å². The van der Waals surface area contributed by atoms with Crippen molar-refractivity contribution in [2.45, 2.75) is 0 Å². The van der Waals surface area contributed by atoms with Gasteiger partial charge in [-0.1, -0.05) is 0 Å². The number of ketones is 1. The summed E-state index contributed by atoms with van der Waals surface area (Å²) in [5, 5.41) is 18.8. The van der Waals surface area contributed by atoms with E-state index < -0.39 is 0 Å². The number of ether oxygens (including phenoxy) is 2. The summed E-state index contributed by atoms with van der Waals surface area (Å²) in [6.07, 6.45) is 2.94. The van der Waals surface area contributed by atoms with Gasteiger partial charge in [0.1, 0.15) is 23.0 Å². The van der Waals surface area contributed by atoms with Crippen LogP contribution in [0.3, 0.4) is 0 Å². The van der Waals surface area contributed by atoms with Gasteiger partial charge >= 0.3 is 0 Å². The third kappa shape index (κ3) is 3.38. The minimum Gasteiger partial charge on any atom is -0.508 e. The summed E-state index contributed by atoms with van der Waals surface area (Å²) in [6.45, 7) is 0. The van der Waals surface area contributed by atoms with Crippen LogP contribution in [0.25, 0.3) is 6.08 Å². The number of aromatic hydroxyl groups is 2. The standard InChI is InChI=1S/C17H16O5/c1-21-16-9-13(19)10-17(22-2)14(16)7-8-15(20)11-3-5-12(18)6-4-11/h3-10,18-19H,1-2H3/b8-7+. The predicted molar refractivity (Wildman–Crippen MR) is 82.7 cm³/mol. The van der Waals surface area contributed by atoms with E-state index in [2.05, 4.69) is 0 Å². The maximum absolute atomic E-state index is 12.1. The zero-order chi connectivity index (χ0) is 16.1. The van der Waals surface area contributed by atoms with Crippen LogP contribution in [0.4, 0.5) is 0 Å². The molecule has 0 unspecified atom stereocenters. The van der Waals surface area contributed by atoms with Crippen LogP contribution >= 0.6 is 0 Å². The number of benzene rings is 2. The van der Waals surface area contributed by atoms with E-state index in [4.69, 9.17) is 9.47 Å². The first-order valence-electron chi connectivity index (χ1n) is 6.51. The Balaban J connectivity index is 2.33. The first kappa shape index (κ1) is 15.4. The molecule has 22 heavy (non-hydrogen) atoms. The van der Waals surface area contributed by atoms with Gasteiger partial charge in [0, 0.05) is 17.7 Å². The van der Waals surface area contributed by atoms with Crippen molar-refractivity contribution >= 4 is 11.9 Å². The van der Waals surface area contributed by atoms with Crippen molar-refractivity contribution in [1.29, 1.82) is 0 Å². The molecule has 0 saturated heterocycles. The van der Waals surface area contributed by atoms with Gasteiger partial charge in [-0.2, -0.15) is 0 Å². The zero-order valence-corrected chi connectivity index (χ0v) is 12.2. The Morgan fingerprint density at radius 3 is 2.00 bits per heavy atom. The molecule has 2 aromatic rings. The van der Waals surface area contributed by atoms with Crippen molar-refractivity contribution in [2.75, 3.05) is 14.2 Å². The maximum Gasteiger partial charge on any atom is 0.185 e. The number of allylic oxidation sites excluding steroid dienone is 1. The lowest BCUT2D eigenvalue weighted by Crippen LogP contribution is -1.95. The van der Waals surface area contributed by atoms with E-state index in [0.29, 0.717) is 22.6 Å². The van der Waals surface area contributed by atoms with Gasteiger partial charge in [0.05, 0.1) is 19.8 Å². The fourth-order valence-corrected chi connectivity index (χ4v) is 1.97. The van der Waals surface area contributed by atoms with E-state index in [0.717, 1.165) is 0 Å². The van der Waals surface area contributed by atoms with Gasteiger partial charge in [0.25, 0.3) is 0 Å². The van der Waals surface area contributed by atoms with E-state index >= 15 is 0 Å². The minimum atomic E-state index is -0.225. The summed E-state index contributed by atoms with van der Waals surface area (Å²) in [6, 6.07) is 8.84. The van der Waals surface area contributed by atoms with Gasteiger partial charge in [-0.3, -0.25) is 4.79 Å². The predicted octanol–water partition coefficient (Wildman–Crippen LogP) is 3.01. The van der Waals surface area contributed by atoms with Crippen LogP contribution < -0.4 is 9.47 Å². The number of phenols is 2. The molecule has 0 saturated carbocycles. The number of methoxy groups -OCH3 is 2. The monoisotopic (exact) mass is 300 g/mol. The Hall–Kier alpha value is -2.95. The minimum absolute atomic E-state index is 0.00992. The lowest BCUT2D eigenvalue weighted by atomic mass is 10.1. The number of rotatable bonds is 5. The summed E-state index contributed by atoms with van der Waals surface area (Å²) < 4.78 is 10.4. The molecule has 0 aliphatic rings. The van der Waals surface area contributed by atoms with Crippen LogP contribution in [0.2, 0.25) is 0 Å². The van der Waals surface area contributed by atoms with E-state index in [9.17, 15) is 15.0 Å². The second kappa shape index (κ2) is 6.67. The van der Waals surface area contributed by atoms with Gasteiger partial charge in [-0.15, -0.1) is 0 Å². The molecule has 0 amide bonds. The second-order valence-corrected chi connectivity index (χ2v) is 4.51. The van der Waals surface area contributed by atoms with E-state index in [1.807, 2.05) is 0 Å². The maximum atomic E-state index is 12.1. The van der Waals surface area contributed by atoms with Crippen molar-refractivity contribution in [3.8, 4) is 23.0 Å².